The van der Waals surface area contributed by atoms with Crippen LogP contribution in [0.2, 0.25) is 0 Å². The lowest BCUT2D eigenvalue weighted by Crippen LogP contribution is -2.56. The van der Waals surface area contributed by atoms with Crippen LogP contribution in [0.25, 0.3) is 0 Å². The molecule has 0 amide bonds. The van der Waals surface area contributed by atoms with Gasteiger partial charge in [0.1, 0.15) is 0 Å². The average molecular weight is 453 g/mol. The van der Waals surface area contributed by atoms with E-state index in [1.165, 1.54) is 89.9 Å². The minimum atomic E-state index is -0.0475. The lowest BCUT2D eigenvalue weighted by molar-refractivity contribution is -0.130. The largest absolute Gasteiger partial charge is 0.393 e. The summed E-state index contributed by atoms with van der Waals surface area (Å²) in [6, 6.07) is 0. The molecule has 2 fully saturated rings. The van der Waals surface area contributed by atoms with Crippen LogP contribution in [-0.4, -0.2) is 11.2 Å². The Kier molecular flexibility index (Phi) is 6.46. The van der Waals surface area contributed by atoms with Gasteiger partial charge in [0.2, 0.25) is 0 Å². The summed E-state index contributed by atoms with van der Waals surface area (Å²) < 4.78 is 0. The fourth-order valence-electron chi connectivity index (χ4n) is 10.2. The lowest BCUT2D eigenvalue weighted by atomic mass is 9.43. The number of fused-ring (bicyclic) bond motifs is 5. The van der Waals surface area contributed by atoms with Gasteiger partial charge in [0.15, 0.2) is 0 Å². The third-order valence-corrected chi connectivity index (χ3v) is 11.9. The monoisotopic (exact) mass is 452 g/mol. The first-order chi connectivity index (χ1) is 15.7. The molecule has 0 heterocycles. The van der Waals surface area contributed by atoms with Crippen LogP contribution in [-0.2, 0) is 0 Å². The van der Waals surface area contributed by atoms with E-state index in [4.69, 9.17) is 0 Å². The normalized spacial score (nSPS) is 40.9. The third kappa shape index (κ3) is 3.73. The number of aliphatic hydroxyl groups is 1. The molecule has 6 atom stereocenters. The summed E-state index contributed by atoms with van der Waals surface area (Å²) in [4.78, 5) is 0. The van der Waals surface area contributed by atoms with Crippen LogP contribution in [0, 0.1) is 39.9 Å². The van der Waals surface area contributed by atoms with Gasteiger partial charge in [0, 0.05) is 0 Å². The van der Waals surface area contributed by atoms with Gasteiger partial charge in [-0.05, 0) is 109 Å². The molecule has 5 rings (SSSR count). The Hall–Kier alpha value is -0.560. The summed E-state index contributed by atoms with van der Waals surface area (Å²) >= 11 is 0. The van der Waals surface area contributed by atoms with Crippen molar-refractivity contribution in [2.24, 2.45) is 39.9 Å². The van der Waals surface area contributed by atoms with Crippen LogP contribution in [0.1, 0.15) is 131 Å². The molecule has 5 aliphatic rings. The first kappa shape index (κ1) is 24.1. The van der Waals surface area contributed by atoms with Crippen LogP contribution in [0.5, 0.6) is 0 Å². The number of aliphatic hydroxyl groups excluding tert-OH is 1. The summed E-state index contributed by atoms with van der Waals surface area (Å²) in [5.74, 6) is 3.23. The zero-order valence-electron chi connectivity index (χ0n) is 22.5. The highest BCUT2D eigenvalue weighted by Gasteiger charge is 2.60. The second kappa shape index (κ2) is 8.83. The van der Waals surface area contributed by atoms with Gasteiger partial charge in [0.25, 0.3) is 0 Å². The van der Waals surface area contributed by atoms with Gasteiger partial charge in [-0.15, -0.1) is 0 Å². The highest BCUT2D eigenvalue weighted by atomic mass is 16.3. The average Bonchev–Trinajstić information content (AvgIpc) is 3.14. The minimum absolute atomic E-state index is 0.0475. The lowest BCUT2D eigenvalue weighted by Gasteiger charge is -2.62. The fraction of sp³-hybridized carbons (Fsp3) is 0.875. The third-order valence-electron chi connectivity index (χ3n) is 11.9. The molecule has 0 aliphatic heterocycles. The number of hydrogen-bond donors (Lipinski definition) is 1. The van der Waals surface area contributed by atoms with Crippen LogP contribution in [0.3, 0.4) is 0 Å². The Bertz CT molecular complexity index is 795. The molecule has 0 radical (unpaired) electrons. The Morgan fingerprint density at radius 2 is 1.67 bits per heavy atom. The van der Waals surface area contributed by atoms with E-state index in [9.17, 15) is 5.11 Å². The van der Waals surface area contributed by atoms with E-state index in [2.05, 4.69) is 40.7 Å². The number of hydrogen-bond acceptors (Lipinski definition) is 1. The Morgan fingerprint density at radius 3 is 2.39 bits per heavy atom. The van der Waals surface area contributed by atoms with Gasteiger partial charge in [-0.25, -0.2) is 0 Å². The molecular formula is C32H52O. The van der Waals surface area contributed by atoms with Gasteiger partial charge in [-0.3, -0.25) is 0 Å². The molecule has 0 aromatic heterocycles. The van der Waals surface area contributed by atoms with Crippen LogP contribution in [0.15, 0.2) is 22.8 Å². The number of rotatable bonds is 5. The molecule has 33 heavy (non-hydrogen) atoms. The highest BCUT2D eigenvalue weighted by molar-refractivity contribution is 5.50. The SMILES string of the molecule is CC(C)CCC[C@@H](C)[C@H]1CC=C2C3=C(CC[C@@]21C)[C@@]1(C)CC[C@H](O)C2(CCCCC2)C1CC3. The van der Waals surface area contributed by atoms with E-state index in [-0.39, 0.29) is 11.5 Å². The van der Waals surface area contributed by atoms with Crippen molar-refractivity contribution in [2.45, 2.75) is 137 Å². The fourth-order valence-corrected chi connectivity index (χ4v) is 10.2. The zero-order chi connectivity index (χ0) is 23.4. The van der Waals surface area contributed by atoms with Crippen LogP contribution < -0.4 is 0 Å². The summed E-state index contributed by atoms with van der Waals surface area (Å²) in [5, 5.41) is 11.3. The van der Waals surface area contributed by atoms with Crippen molar-refractivity contribution in [3.8, 4) is 0 Å². The van der Waals surface area contributed by atoms with E-state index >= 15 is 0 Å². The molecule has 5 aliphatic carbocycles. The second-order valence-electron chi connectivity index (χ2n) is 14.0. The van der Waals surface area contributed by atoms with E-state index in [0.29, 0.717) is 16.7 Å². The molecular weight excluding hydrogens is 400 g/mol. The summed E-state index contributed by atoms with van der Waals surface area (Å²) in [5.41, 5.74) is 6.42. The topological polar surface area (TPSA) is 20.2 Å². The zero-order valence-corrected chi connectivity index (χ0v) is 22.5. The van der Waals surface area contributed by atoms with Gasteiger partial charge in [0.05, 0.1) is 6.10 Å². The summed E-state index contributed by atoms with van der Waals surface area (Å²) in [6.07, 6.45) is 22.4. The molecule has 1 unspecified atom stereocenters. The smallest absolute Gasteiger partial charge is 0.0599 e. The standard InChI is InChI=1S/C32H52O/c1-22(2)10-9-11-23(3)25-13-14-26-24-12-15-28-31(5,27(24)16-20-30(25,26)4)21-17-29(33)32(28)18-7-6-8-19-32/h14,22-23,25,28-29,33H,6-13,15-21H2,1-5H3/t23-,25-,28?,29+,30-,31-/m1/s1. The molecule has 1 spiro atoms. The predicted octanol–water partition coefficient (Wildman–Crippen LogP) is 9.01. The molecule has 2 saturated carbocycles. The molecule has 186 valence electrons. The molecule has 0 saturated heterocycles. The van der Waals surface area contributed by atoms with Crippen molar-refractivity contribution < 1.29 is 5.11 Å². The Balaban J connectivity index is 1.41. The maximum atomic E-state index is 11.3. The second-order valence-corrected chi connectivity index (χ2v) is 14.0. The van der Waals surface area contributed by atoms with Crippen molar-refractivity contribution in [1.29, 1.82) is 0 Å². The molecule has 0 aromatic carbocycles. The van der Waals surface area contributed by atoms with E-state index < -0.39 is 0 Å². The summed E-state index contributed by atoms with van der Waals surface area (Å²) in [6.45, 7) is 12.6. The molecule has 0 aromatic rings. The Morgan fingerprint density at radius 1 is 0.909 bits per heavy atom. The minimum Gasteiger partial charge on any atom is -0.393 e. The van der Waals surface area contributed by atoms with Gasteiger partial charge < -0.3 is 5.11 Å². The van der Waals surface area contributed by atoms with Crippen molar-refractivity contribution in [2.75, 3.05) is 0 Å². The number of allylic oxidation sites excluding steroid dienone is 4. The summed E-state index contributed by atoms with van der Waals surface area (Å²) in [7, 11) is 0. The quantitative estimate of drug-likeness (QED) is 0.441. The van der Waals surface area contributed by atoms with Crippen molar-refractivity contribution in [3.63, 3.8) is 0 Å². The van der Waals surface area contributed by atoms with Gasteiger partial charge >= 0.3 is 0 Å². The molecule has 0 bridgehead atoms. The van der Waals surface area contributed by atoms with E-state index in [1.807, 2.05) is 11.1 Å². The molecule has 1 N–H and O–H groups in total. The van der Waals surface area contributed by atoms with Crippen molar-refractivity contribution in [1.82, 2.24) is 0 Å². The maximum Gasteiger partial charge on any atom is 0.0599 e. The van der Waals surface area contributed by atoms with Gasteiger partial charge in [-0.2, -0.15) is 0 Å². The van der Waals surface area contributed by atoms with E-state index in [0.717, 1.165) is 24.2 Å². The van der Waals surface area contributed by atoms with E-state index in [1.54, 1.807) is 5.57 Å². The molecule has 1 heteroatoms. The first-order valence-electron chi connectivity index (χ1n) is 14.8. The van der Waals surface area contributed by atoms with Crippen LogP contribution in [0.4, 0.5) is 0 Å². The van der Waals surface area contributed by atoms with Crippen molar-refractivity contribution in [3.05, 3.63) is 22.8 Å². The van der Waals surface area contributed by atoms with Crippen LogP contribution >= 0.6 is 0 Å². The highest BCUT2D eigenvalue weighted by Crippen LogP contribution is 2.68. The van der Waals surface area contributed by atoms with Gasteiger partial charge in [-0.1, -0.05) is 84.8 Å². The first-order valence-corrected chi connectivity index (χ1v) is 14.8. The maximum absolute atomic E-state index is 11.3. The Labute approximate surface area is 204 Å². The predicted molar refractivity (Wildman–Crippen MR) is 140 cm³/mol. The molecule has 1 nitrogen and oxygen atoms in total. The van der Waals surface area contributed by atoms with Crippen molar-refractivity contribution >= 4 is 0 Å².